The summed E-state index contributed by atoms with van der Waals surface area (Å²) in [7, 11) is 0. The second kappa shape index (κ2) is 10.7. The van der Waals surface area contributed by atoms with Crippen molar-refractivity contribution < 1.29 is 9.53 Å². The molecule has 1 amide bonds. The Kier molecular flexibility index (Phi) is 9.39. The molecule has 0 aliphatic rings. The van der Waals surface area contributed by atoms with E-state index in [-0.39, 0.29) is 6.04 Å². The molecule has 2 N–H and O–H groups in total. The van der Waals surface area contributed by atoms with Crippen molar-refractivity contribution in [2.24, 2.45) is 4.99 Å². The molecule has 1 radical (unpaired) electrons. The molecule has 7 heteroatoms. The number of aryl methyl sites for hydroxylation is 1. The number of aliphatic imine (C=N–C) groups is 1. The van der Waals surface area contributed by atoms with E-state index in [2.05, 4.69) is 37.7 Å². The Bertz CT molecular complexity index is 588. The third kappa shape index (κ3) is 10.4. The summed E-state index contributed by atoms with van der Waals surface area (Å²) in [5.74, 6) is 0.948. The van der Waals surface area contributed by atoms with Crippen LogP contribution < -0.4 is 10.6 Å². The van der Waals surface area contributed by atoms with Gasteiger partial charge in [-0.05, 0) is 0 Å². The van der Waals surface area contributed by atoms with E-state index in [1.807, 2.05) is 52.1 Å². The van der Waals surface area contributed by atoms with Crippen molar-refractivity contribution in [1.82, 2.24) is 5.32 Å². The number of amides is 1. The van der Waals surface area contributed by atoms with E-state index in [4.69, 9.17) is 4.74 Å². The molecular weight excluding hydrogens is 401 g/mol. The summed E-state index contributed by atoms with van der Waals surface area (Å²) in [5, 5.41) is 6.14. The van der Waals surface area contributed by atoms with Gasteiger partial charge in [0.25, 0.3) is 0 Å². The number of anilines is 1. The minimum absolute atomic E-state index is 0.0649. The van der Waals surface area contributed by atoms with E-state index < -0.39 is 11.7 Å². The third-order valence-corrected chi connectivity index (χ3v) is 4.24. The summed E-state index contributed by atoms with van der Waals surface area (Å²) in [6.45, 7) is 8.09. The number of nitrogens with zero attached hydrogens (tertiary/aromatic N) is 1. The molecule has 0 aliphatic heterocycles. The maximum absolute atomic E-state index is 12.0. The van der Waals surface area contributed by atoms with Crippen LogP contribution in [0.5, 0.6) is 0 Å². The van der Waals surface area contributed by atoms with Gasteiger partial charge in [0.05, 0.1) is 0 Å². The van der Waals surface area contributed by atoms with Gasteiger partial charge in [0, 0.05) is 0 Å². The van der Waals surface area contributed by atoms with Gasteiger partial charge in [-0.25, -0.2) is 0 Å². The minimum atomic E-state index is -0.506. The molecule has 0 bridgehead atoms. The molecule has 0 aliphatic carbocycles. The Labute approximate surface area is 163 Å². The molecule has 0 spiro atoms. The number of alkyl carbamates (subject to hydrolysis) is 1. The molecule has 1 aromatic carbocycles. The fourth-order valence-electron chi connectivity index (χ4n) is 2.02. The van der Waals surface area contributed by atoms with Crippen molar-refractivity contribution in [2.75, 3.05) is 23.9 Å². The summed E-state index contributed by atoms with van der Waals surface area (Å²) in [4.78, 5) is 16.5. The predicted molar refractivity (Wildman–Crippen MR) is 109 cm³/mol. The number of thioether (sulfide) groups is 1. The topological polar surface area (TPSA) is 62.7 Å². The average Bonchev–Trinajstić information content (AvgIpc) is 2.48. The number of hydrogen-bond acceptors (Lipinski definition) is 4. The molecule has 0 saturated heterocycles. The van der Waals surface area contributed by atoms with Gasteiger partial charge >= 0.3 is 164 Å². The normalized spacial score (nSPS) is 13.2. The number of rotatable bonds is 7. The molecule has 0 saturated carbocycles. The van der Waals surface area contributed by atoms with Crippen molar-refractivity contribution in [3.8, 4) is 0 Å². The zero-order chi connectivity index (χ0) is 18.9. The Morgan fingerprint density at radius 1 is 1.40 bits per heavy atom. The van der Waals surface area contributed by atoms with Crippen LogP contribution in [0.1, 0.15) is 32.8 Å². The van der Waals surface area contributed by atoms with Gasteiger partial charge in [-0.2, -0.15) is 0 Å². The third-order valence-electron chi connectivity index (χ3n) is 3.12. The second-order valence-electron chi connectivity index (χ2n) is 6.76. The van der Waals surface area contributed by atoms with Crippen LogP contribution in [0, 0.1) is 6.92 Å². The first-order chi connectivity index (χ1) is 11.7. The first-order valence-electron chi connectivity index (χ1n) is 8.23. The van der Waals surface area contributed by atoms with Crippen LogP contribution in [0.15, 0.2) is 29.3 Å². The van der Waals surface area contributed by atoms with Gasteiger partial charge in [0.15, 0.2) is 0 Å². The Morgan fingerprint density at radius 3 is 2.72 bits per heavy atom. The molecule has 139 valence electrons. The van der Waals surface area contributed by atoms with Crippen molar-refractivity contribution in [1.29, 1.82) is 0 Å². The van der Waals surface area contributed by atoms with Gasteiger partial charge in [0.1, 0.15) is 0 Å². The zero-order valence-electron chi connectivity index (χ0n) is 15.6. The van der Waals surface area contributed by atoms with Crippen molar-refractivity contribution in [2.45, 2.75) is 45.8 Å². The van der Waals surface area contributed by atoms with Gasteiger partial charge < -0.3 is 0 Å². The van der Waals surface area contributed by atoms with Gasteiger partial charge in [-0.3, -0.25) is 0 Å². The molecule has 1 rings (SSSR count). The quantitative estimate of drug-likeness (QED) is 0.395. The fraction of sp³-hybridized carbons (Fsp3) is 0.556. The number of carbonyl (C=O) groups excluding carboxylic acids is 1. The number of ether oxygens (including phenoxy) is 1. The van der Waals surface area contributed by atoms with Gasteiger partial charge in [-0.15, -0.1) is 0 Å². The molecule has 25 heavy (non-hydrogen) atoms. The molecule has 0 aromatic heterocycles. The molecular formula is C18H28N3O2SSe. The van der Waals surface area contributed by atoms with Crippen molar-refractivity contribution in [3.05, 3.63) is 29.8 Å². The fourth-order valence-corrected chi connectivity index (χ4v) is 2.95. The Hall–Kier alpha value is -1.17. The maximum atomic E-state index is 12.0. The molecule has 1 atom stereocenters. The first-order valence-corrected chi connectivity index (χ1v) is 10.5. The van der Waals surface area contributed by atoms with Crippen LogP contribution in [0.3, 0.4) is 0 Å². The van der Waals surface area contributed by atoms with Crippen LogP contribution in [0.4, 0.5) is 10.5 Å². The summed E-state index contributed by atoms with van der Waals surface area (Å²) < 4.78 is 6.03. The number of hydrogen-bond donors (Lipinski definition) is 2. The van der Waals surface area contributed by atoms with Crippen molar-refractivity contribution >= 4 is 44.3 Å². The summed E-state index contributed by atoms with van der Waals surface area (Å²) in [6.07, 6.45) is 2.48. The van der Waals surface area contributed by atoms with E-state index in [0.29, 0.717) is 11.3 Å². The van der Waals surface area contributed by atoms with E-state index in [9.17, 15) is 4.79 Å². The Morgan fingerprint density at radius 2 is 2.12 bits per heavy atom. The summed E-state index contributed by atoms with van der Waals surface area (Å²) in [5.41, 5.74) is 1.66. The summed E-state index contributed by atoms with van der Waals surface area (Å²) in [6, 6.07) is 8.02. The molecule has 0 fully saturated rings. The van der Waals surface area contributed by atoms with E-state index in [1.54, 1.807) is 11.8 Å². The van der Waals surface area contributed by atoms with E-state index in [0.717, 1.165) is 17.9 Å². The van der Waals surface area contributed by atoms with E-state index >= 15 is 0 Å². The summed E-state index contributed by atoms with van der Waals surface area (Å²) >= 11 is 4.68. The number of carbonyl (C=O) groups is 1. The van der Waals surface area contributed by atoms with Crippen molar-refractivity contribution in [3.63, 3.8) is 0 Å². The SMILES string of the molecule is CSCCC(CN=C([Se])Nc1cccc(C)c1)NC(=O)OC(C)(C)C. The molecule has 1 aromatic rings. The monoisotopic (exact) mass is 430 g/mol. The zero-order valence-corrected chi connectivity index (χ0v) is 18.1. The molecule has 5 nitrogen and oxygen atoms in total. The average molecular weight is 429 g/mol. The van der Waals surface area contributed by atoms with Crippen LogP contribution >= 0.6 is 11.8 Å². The van der Waals surface area contributed by atoms with Crippen LogP contribution in [0.25, 0.3) is 0 Å². The van der Waals surface area contributed by atoms with Crippen LogP contribution in [-0.4, -0.2) is 57.0 Å². The number of nitrogens with one attached hydrogen (secondary N) is 2. The van der Waals surface area contributed by atoms with Crippen LogP contribution in [-0.2, 0) is 4.74 Å². The second-order valence-corrected chi connectivity index (χ2v) is 8.56. The molecule has 1 unspecified atom stereocenters. The predicted octanol–water partition coefficient (Wildman–Crippen LogP) is 3.58. The Balaban J connectivity index is 2.62. The van der Waals surface area contributed by atoms with Crippen LogP contribution in [0.2, 0.25) is 0 Å². The standard InChI is InChI=1S/C18H28N3O2SSe/c1-13-7-6-8-14(11-13)20-16(25)19-12-15(9-10-24-5)21-17(22)23-18(2,3)4/h6-8,11,15H,9-10,12H2,1-5H3,(H,19,20)(H,21,22). The first kappa shape index (κ1) is 21.9. The number of amidine groups is 1. The number of benzene rings is 1. The van der Waals surface area contributed by atoms with Gasteiger partial charge in [0.2, 0.25) is 0 Å². The van der Waals surface area contributed by atoms with E-state index in [1.165, 1.54) is 5.56 Å². The molecule has 0 heterocycles. The van der Waals surface area contributed by atoms with Gasteiger partial charge in [-0.1, -0.05) is 0 Å².